The summed E-state index contributed by atoms with van der Waals surface area (Å²) in [6.07, 6.45) is 2.48. The van der Waals surface area contributed by atoms with Crippen molar-refractivity contribution >= 4 is 12.4 Å². The Morgan fingerprint density at radius 1 is 1.33 bits per heavy atom. The molecule has 0 atom stereocenters. The highest BCUT2D eigenvalue weighted by molar-refractivity contribution is 5.85. The average Bonchev–Trinajstić information content (AvgIpc) is 2.17. The standard InChI is InChI=1S/C12H14FN.ClH/c13-11-3-1-2-10(4-11)12-5-9(6-12)7-14-8-12;/h1-4,9,14H,5-8H2;1H. The first-order valence-corrected chi connectivity index (χ1v) is 5.25. The maximum atomic E-state index is 13.1. The van der Waals surface area contributed by atoms with E-state index in [9.17, 15) is 4.39 Å². The Bertz CT molecular complexity index is 355. The molecule has 1 aromatic carbocycles. The highest BCUT2D eigenvalue weighted by Gasteiger charge is 2.48. The van der Waals surface area contributed by atoms with E-state index in [4.69, 9.17) is 0 Å². The molecule has 0 unspecified atom stereocenters. The Balaban J connectivity index is 0.000000853. The van der Waals surface area contributed by atoms with E-state index in [2.05, 4.69) is 11.4 Å². The minimum atomic E-state index is -0.106. The van der Waals surface area contributed by atoms with Crippen LogP contribution in [-0.4, -0.2) is 13.1 Å². The van der Waals surface area contributed by atoms with E-state index in [0.29, 0.717) is 0 Å². The van der Waals surface area contributed by atoms with Gasteiger partial charge in [0.15, 0.2) is 0 Å². The average molecular weight is 228 g/mol. The molecule has 3 aliphatic rings. The lowest BCUT2D eigenvalue weighted by Gasteiger charge is -2.53. The van der Waals surface area contributed by atoms with E-state index in [1.807, 2.05) is 6.07 Å². The van der Waals surface area contributed by atoms with E-state index >= 15 is 0 Å². The number of hydrogen-bond donors (Lipinski definition) is 1. The summed E-state index contributed by atoms with van der Waals surface area (Å²) >= 11 is 0. The van der Waals surface area contributed by atoms with Crippen LogP contribution in [0.5, 0.6) is 0 Å². The third-order valence-corrected chi connectivity index (χ3v) is 3.69. The van der Waals surface area contributed by atoms with Crippen LogP contribution in [-0.2, 0) is 5.41 Å². The van der Waals surface area contributed by atoms with Crippen molar-refractivity contribution in [1.29, 1.82) is 0 Å². The number of halogens is 2. The van der Waals surface area contributed by atoms with Crippen molar-refractivity contribution in [1.82, 2.24) is 5.32 Å². The van der Waals surface area contributed by atoms with Gasteiger partial charge in [-0.05, 0) is 43.0 Å². The van der Waals surface area contributed by atoms with Crippen LogP contribution in [0, 0.1) is 11.7 Å². The summed E-state index contributed by atoms with van der Waals surface area (Å²) in [6.45, 7) is 2.17. The number of fused-ring (bicyclic) bond motifs is 2. The first kappa shape index (κ1) is 10.9. The highest BCUT2D eigenvalue weighted by Crippen LogP contribution is 2.49. The SMILES string of the molecule is Cl.Fc1cccc(C23CNCC(C2)C3)c1. The molecule has 4 rings (SSSR count). The summed E-state index contributed by atoms with van der Waals surface area (Å²) in [7, 11) is 0. The van der Waals surface area contributed by atoms with Crippen molar-refractivity contribution in [3.05, 3.63) is 35.6 Å². The zero-order chi connectivity index (χ0) is 9.60. The Morgan fingerprint density at radius 2 is 2.13 bits per heavy atom. The van der Waals surface area contributed by atoms with Crippen LogP contribution < -0.4 is 5.32 Å². The van der Waals surface area contributed by atoms with Crippen molar-refractivity contribution in [3.63, 3.8) is 0 Å². The molecule has 2 heterocycles. The molecule has 0 aromatic heterocycles. The lowest BCUT2D eigenvalue weighted by Crippen LogP contribution is -2.57. The van der Waals surface area contributed by atoms with Gasteiger partial charge in [-0.15, -0.1) is 12.4 Å². The monoisotopic (exact) mass is 227 g/mol. The van der Waals surface area contributed by atoms with Gasteiger partial charge in [-0.3, -0.25) is 0 Å². The summed E-state index contributed by atoms with van der Waals surface area (Å²) in [5, 5.41) is 3.42. The predicted molar refractivity (Wildman–Crippen MR) is 60.9 cm³/mol. The lowest BCUT2D eigenvalue weighted by molar-refractivity contribution is 0.0898. The van der Waals surface area contributed by atoms with Gasteiger partial charge in [-0.25, -0.2) is 4.39 Å². The van der Waals surface area contributed by atoms with Gasteiger partial charge in [-0.1, -0.05) is 12.1 Å². The van der Waals surface area contributed by atoms with Crippen LogP contribution in [0.25, 0.3) is 0 Å². The van der Waals surface area contributed by atoms with Gasteiger partial charge in [0.05, 0.1) is 0 Å². The van der Waals surface area contributed by atoms with Gasteiger partial charge in [0.1, 0.15) is 5.82 Å². The molecule has 1 N–H and O–H groups in total. The van der Waals surface area contributed by atoms with E-state index in [-0.39, 0.29) is 23.6 Å². The normalized spacial score (nSPS) is 32.7. The molecule has 15 heavy (non-hydrogen) atoms. The van der Waals surface area contributed by atoms with Crippen molar-refractivity contribution in [2.45, 2.75) is 18.3 Å². The Hall–Kier alpha value is -0.600. The Kier molecular flexibility index (Phi) is 2.73. The summed E-state index contributed by atoms with van der Waals surface area (Å²) in [4.78, 5) is 0. The molecule has 3 heteroatoms. The Labute approximate surface area is 95.5 Å². The first-order chi connectivity index (χ1) is 6.78. The summed E-state index contributed by atoms with van der Waals surface area (Å²) in [6, 6.07) is 7.10. The molecule has 1 saturated carbocycles. The van der Waals surface area contributed by atoms with Gasteiger partial charge in [-0.2, -0.15) is 0 Å². The highest BCUT2D eigenvalue weighted by atomic mass is 35.5. The molecule has 0 radical (unpaired) electrons. The molecule has 2 bridgehead atoms. The fraction of sp³-hybridized carbons (Fsp3) is 0.500. The second-order valence-corrected chi connectivity index (χ2v) is 4.70. The fourth-order valence-electron chi connectivity index (χ4n) is 3.01. The van der Waals surface area contributed by atoms with Crippen LogP contribution in [0.4, 0.5) is 4.39 Å². The summed E-state index contributed by atoms with van der Waals surface area (Å²) in [5.41, 5.74) is 1.44. The quantitative estimate of drug-likeness (QED) is 0.778. The third-order valence-electron chi connectivity index (χ3n) is 3.69. The van der Waals surface area contributed by atoms with E-state index in [1.54, 1.807) is 6.07 Å². The predicted octanol–water partition coefficient (Wildman–Crippen LogP) is 2.50. The van der Waals surface area contributed by atoms with E-state index < -0.39 is 0 Å². The minimum absolute atomic E-state index is 0. The summed E-state index contributed by atoms with van der Waals surface area (Å²) < 4.78 is 13.1. The molecule has 0 amide bonds. The van der Waals surface area contributed by atoms with E-state index in [0.717, 1.165) is 19.0 Å². The summed E-state index contributed by atoms with van der Waals surface area (Å²) in [5.74, 6) is 0.720. The molecule has 2 saturated heterocycles. The topological polar surface area (TPSA) is 12.0 Å². The Morgan fingerprint density at radius 3 is 2.73 bits per heavy atom. The number of benzene rings is 1. The zero-order valence-electron chi connectivity index (χ0n) is 8.50. The van der Waals surface area contributed by atoms with Crippen LogP contribution in [0.15, 0.2) is 24.3 Å². The van der Waals surface area contributed by atoms with Crippen LogP contribution in [0.3, 0.4) is 0 Å². The molecule has 1 aromatic rings. The maximum absolute atomic E-state index is 13.1. The molecule has 2 aliphatic heterocycles. The molecule has 1 nitrogen and oxygen atoms in total. The molecule has 3 fully saturated rings. The van der Waals surface area contributed by atoms with Crippen molar-refractivity contribution < 1.29 is 4.39 Å². The van der Waals surface area contributed by atoms with Crippen LogP contribution in [0.1, 0.15) is 18.4 Å². The van der Waals surface area contributed by atoms with Crippen molar-refractivity contribution in [2.75, 3.05) is 13.1 Å². The minimum Gasteiger partial charge on any atom is -0.316 e. The third kappa shape index (κ3) is 1.66. The van der Waals surface area contributed by atoms with Crippen molar-refractivity contribution in [3.8, 4) is 0 Å². The number of rotatable bonds is 1. The van der Waals surface area contributed by atoms with Gasteiger partial charge in [0.25, 0.3) is 0 Å². The van der Waals surface area contributed by atoms with Crippen LogP contribution in [0.2, 0.25) is 0 Å². The number of nitrogens with one attached hydrogen (secondary N) is 1. The smallest absolute Gasteiger partial charge is 0.123 e. The molecular weight excluding hydrogens is 213 g/mol. The zero-order valence-corrected chi connectivity index (χ0v) is 9.32. The number of hydrogen-bond acceptors (Lipinski definition) is 1. The largest absolute Gasteiger partial charge is 0.316 e. The first-order valence-electron chi connectivity index (χ1n) is 5.25. The molecule has 1 aliphatic carbocycles. The fourth-order valence-corrected chi connectivity index (χ4v) is 3.01. The molecule has 82 valence electrons. The van der Waals surface area contributed by atoms with Gasteiger partial charge >= 0.3 is 0 Å². The van der Waals surface area contributed by atoms with E-state index in [1.165, 1.54) is 24.5 Å². The lowest BCUT2D eigenvalue weighted by atomic mass is 9.56. The van der Waals surface area contributed by atoms with Crippen LogP contribution >= 0.6 is 12.4 Å². The van der Waals surface area contributed by atoms with Gasteiger partial charge < -0.3 is 5.32 Å². The van der Waals surface area contributed by atoms with Gasteiger partial charge in [0.2, 0.25) is 0 Å². The van der Waals surface area contributed by atoms with Crippen molar-refractivity contribution in [2.24, 2.45) is 5.92 Å². The van der Waals surface area contributed by atoms with Gasteiger partial charge in [0, 0.05) is 12.0 Å². The molecule has 0 spiro atoms. The maximum Gasteiger partial charge on any atom is 0.123 e. The second-order valence-electron chi connectivity index (χ2n) is 4.70. The second kappa shape index (κ2) is 3.76. The number of piperidine rings is 2. The molecular formula is C12H15ClFN.